The van der Waals surface area contributed by atoms with Gasteiger partial charge in [-0.3, -0.25) is 0 Å². The van der Waals surface area contributed by atoms with Gasteiger partial charge in [0.25, 0.3) is 0 Å². The van der Waals surface area contributed by atoms with Crippen LogP contribution >= 0.6 is 0 Å². The molecule has 0 bridgehead atoms. The monoisotopic (exact) mass is 278 g/mol. The van der Waals surface area contributed by atoms with Crippen LogP contribution in [0.4, 0.5) is 4.39 Å². The summed E-state index contributed by atoms with van der Waals surface area (Å²) < 4.78 is 21.1. The lowest BCUT2D eigenvalue weighted by Gasteiger charge is -2.10. The molecule has 0 amide bonds. The minimum atomic E-state index is -0.366. The van der Waals surface area contributed by atoms with Crippen molar-refractivity contribution in [3.63, 3.8) is 0 Å². The number of hydrogen-bond donors (Lipinski definition) is 1. The van der Waals surface area contributed by atoms with Crippen molar-refractivity contribution in [1.82, 2.24) is 20.1 Å². The quantitative estimate of drug-likeness (QED) is 0.878. The van der Waals surface area contributed by atoms with E-state index in [9.17, 15) is 4.39 Å². The summed E-state index contributed by atoms with van der Waals surface area (Å²) in [6.07, 6.45) is 1.58. The Morgan fingerprint density at radius 1 is 1.40 bits per heavy atom. The molecule has 1 aromatic carbocycles. The topological polar surface area (TPSA) is 52.0 Å². The highest BCUT2D eigenvalue weighted by Gasteiger charge is 2.07. The lowest BCUT2D eigenvalue weighted by Crippen LogP contribution is -2.21. The van der Waals surface area contributed by atoms with Crippen LogP contribution in [-0.2, 0) is 20.2 Å². The molecule has 0 aliphatic rings. The molecule has 2 rings (SSSR count). The van der Waals surface area contributed by atoms with Crippen molar-refractivity contribution in [3.8, 4) is 5.75 Å². The second-order valence-corrected chi connectivity index (χ2v) is 4.95. The highest BCUT2D eigenvalue weighted by atomic mass is 19.1. The molecule has 0 saturated heterocycles. The number of aromatic nitrogens is 3. The summed E-state index contributed by atoms with van der Waals surface area (Å²) in [7, 11) is 1.82. The fourth-order valence-electron chi connectivity index (χ4n) is 1.67. The maximum Gasteiger partial charge on any atom is 0.170 e. The maximum atomic E-state index is 13.9. The molecule has 0 aliphatic carbocycles. The van der Waals surface area contributed by atoms with Gasteiger partial charge in [-0.2, -0.15) is 0 Å². The van der Waals surface area contributed by atoms with Crippen molar-refractivity contribution in [3.05, 3.63) is 41.7 Å². The number of halogens is 1. The number of nitrogens with one attached hydrogen (secondary N) is 1. The van der Waals surface area contributed by atoms with E-state index in [0.717, 1.165) is 5.56 Å². The third kappa shape index (κ3) is 3.77. The number of nitrogens with zero attached hydrogens (tertiary/aromatic N) is 3. The van der Waals surface area contributed by atoms with Crippen LogP contribution in [-0.4, -0.2) is 20.8 Å². The molecule has 5 nitrogen and oxygen atoms in total. The molecule has 0 atom stereocenters. The minimum Gasteiger partial charge on any atom is -0.483 e. The van der Waals surface area contributed by atoms with E-state index in [1.165, 1.54) is 6.07 Å². The summed E-state index contributed by atoms with van der Waals surface area (Å²) in [6.45, 7) is 4.93. The molecular formula is C14H19FN4O. The molecule has 1 aromatic heterocycles. The molecule has 0 saturated carbocycles. The summed E-state index contributed by atoms with van der Waals surface area (Å²) in [5, 5.41) is 10.9. The number of rotatable bonds is 6. The zero-order valence-corrected chi connectivity index (χ0v) is 11.9. The Kier molecular flexibility index (Phi) is 4.68. The minimum absolute atomic E-state index is 0.191. The van der Waals surface area contributed by atoms with Crippen LogP contribution in [0.3, 0.4) is 0 Å². The van der Waals surface area contributed by atoms with E-state index in [2.05, 4.69) is 29.4 Å². The summed E-state index contributed by atoms with van der Waals surface area (Å²) in [5.41, 5.74) is 0.891. The van der Waals surface area contributed by atoms with Gasteiger partial charge in [-0.05, 0) is 17.7 Å². The largest absolute Gasteiger partial charge is 0.483 e. The first-order chi connectivity index (χ1) is 9.56. The van der Waals surface area contributed by atoms with Crippen molar-refractivity contribution < 1.29 is 9.13 Å². The lowest BCUT2D eigenvalue weighted by atomic mass is 10.2. The van der Waals surface area contributed by atoms with Gasteiger partial charge in [0, 0.05) is 19.6 Å². The van der Waals surface area contributed by atoms with Gasteiger partial charge in [-0.25, -0.2) is 4.39 Å². The number of aryl methyl sites for hydroxylation is 1. The molecule has 2 aromatic rings. The molecule has 6 heteroatoms. The van der Waals surface area contributed by atoms with Gasteiger partial charge in [-0.1, -0.05) is 19.9 Å². The van der Waals surface area contributed by atoms with Crippen LogP contribution in [0.5, 0.6) is 5.75 Å². The van der Waals surface area contributed by atoms with E-state index in [1.807, 2.05) is 13.1 Å². The number of hydrogen-bond acceptors (Lipinski definition) is 4. The van der Waals surface area contributed by atoms with E-state index in [0.29, 0.717) is 18.4 Å². The molecule has 0 fully saturated rings. The fourth-order valence-corrected chi connectivity index (χ4v) is 1.67. The average molecular weight is 278 g/mol. The molecule has 0 aliphatic heterocycles. The first-order valence-electron chi connectivity index (χ1n) is 6.53. The van der Waals surface area contributed by atoms with Crippen molar-refractivity contribution >= 4 is 0 Å². The smallest absolute Gasteiger partial charge is 0.170 e. The summed E-state index contributed by atoms with van der Waals surface area (Å²) in [4.78, 5) is 0. The van der Waals surface area contributed by atoms with Gasteiger partial charge in [-0.15, -0.1) is 10.2 Å². The maximum absolute atomic E-state index is 13.9. The van der Waals surface area contributed by atoms with E-state index in [4.69, 9.17) is 4.74 Å². The molecule has 0 spiro atoms. The second kappa shape index (κ2) is 6.47. The second-order valence-electron chi connectivity index (χ2n) is 4.95. The van der Waals surface area contributed by atoms with Gasteiger partial charge in [0.05, 0.1) is 0 Å². The first kappa shape index (κ1) is 14.5. The molecule has 20 heavy (non-hydrogen) atoms. The normalized spacial score (nSPS) is 11.1. The molecule has 1 N–H and O–H groups in total. The molecule has 0 unspecified atom stereocenters. The Bertz CT molecular complexity index is 568. The van der Waals surface area contributed by atoms with Crippen molar-refractivity contribution in [2.75, 3.05) is 0 Å². The summed E-state index contributed by atoms with van der Waals surface area (Å²) in [6, 6.07) is 5.35. The van der Waals surface area contributed by atoms with Crippen molar-refractivity contribution in [2.45, 2.75) is 33.0 Å². The van der Waals surface area contributed by atoms with Crippen LogP contribution in [0, 0.1) is 5.82 Å². The summed E-state index contributed by atoms with van der Waals surface area (Å²) >= 11 is 0. The average Bonchev–Trinajstić information content (AvgIpc) is 2.81. The first-order valence-corrected chi connectivity index (χ1v) is 6.53. The van der Waals surface area contributed by atoms with E-state index >= 15 is 0 Å². The van der Waals surface area contributed by atoms with Crippen LogP contribution in [0.1, 0.15) is 25.2 Å². The molecule has 1 heterocycles. The Morgan fingerprint density at radius 2 is 2.20 bits per heavy atom. The van der Waals surface area contributed by atoms with Gasteiger partial charge >= 0.3 is 0 Å². The van der Waals surface area contributed by atoms with Crippen LogP contribution < -0.4 is 10.1 Å². The standard InChI is InChI=1S/C14H19FN4O/c1-10(2)16-7-11-4-5-13(12(15)6-11)20-8-14-18-17-9-19(14)3/h4-6,9-10,16H,7-8H2,1-3H3. The Balaban J connectivity index is 1.97. The third-order valence-electron chi connectivity index (χ3n) is 2.87. The van der Waals surface area contributed by atoms with Crippen molar-refractivity contribution in [2.24, 2.45) is 7.05 Å². The Labute approximate surface area is 117 Å². The predicted octanol–water partition coefficient (Wildman–Crippen LogP) is 2.03. The Morgan fingerprint density at radius 3 is 2.80 bits per heavy atom. The van der Waals surface area contributed by atoms with Crippen LogP contribution in [0.2, 0.25) is 0 Å². The lowest BCUT2D eigenvalue weighted by molar-refractivity contribution is 0.276. The predicted molar refractivity (Wildman–Crippen MR) is 73.7 cm³/mol. The van der Waals surface area contributed by atoms with E-state index in [1.54, 1.807) is 17.0 Å². The molecular weight excluding hydrogens is 259 g/mol. The number of ether oxygens (including phenoxy) is 1. The van der Waals surface area contributed by atoms with Crippen LogP contribution in [0.25, 0.3) is 0 Å². The summed E-state index contributed by atoms with van der Waals surface area (Å²) in [5.74, 6) is 0.506. The Hall–Kier alpha value is -1.95. The highest BCUT2D eigenvalue weighted by Crippen LogP contribution is 2.19. The van der Waals surface area contributed by atoms with E-state index < -0.39 is 0 Å². The molecule has 108 valence electrons. The molecule has 0 radical (unpaired) electrons. The third-order valence-corrected chi connectivity index (χ3v) is 2.87. The van der Waals surface area contributed by atoms with Crippen LogP contribution in [0.15, 0.2) is 24.5 Å². The SMILES string of the molecule is CC(C)NCc1ccc(OCc2nncn2C)c(F)c1. The van der Waals surface area contributed by atoms with Gasteiger partial charge in [0.2, 0.25) is 0 Å². The van der Waals surface area contributed by atoms with Gasteiger partial charge in [0.15, 0.2) is 17.4 Å². The van der Waals surface area contributed by atoms with Gasteiger partial charge in [0.1, 0.15) is 12.9 Å². The van der Waals surface area contributed by atoms with Gasteiger partial charge < -0.3 is 14.6 Å². The zero-order chi connectivity index (χ0) is 14.5. The highest BCUT2D eigenvalue weighted by molar-refractivity contribution is 5.29. The van der Waals surface area contributed by atoms with Crippen molar-refractivity contribution in [1.29, 1.82) is 0 Å². The number of benzene rings is 1. The fraction of sp³-hybridized carbons (Fsp3) is 0.429. The zero-order valence-electron chi connectivity index (χ0n) is 11.9. The van der Waals surface area contributed by atoms with E-state index in [-0.39, 0.29) is 18.2 Å².